The van der Waals surface area contributed by atoms with E-state index in [0.29, 0.717) is 48.2 Å². The Morgan fingerprint density at radius 3 is 1.51 bits per heavy atom. The van der Waals surface area contributed by atoms with Crippen LogP contribution >= 0.6 is 0 Å². The number of hydrogen-bond donors (Lipinski definition) is 3. The molecule has 6 rings (SSSR count). The highest BCUT2D eigenvalue weighted by molar-refractivity contribution is 7.93. The third kappa shape index (κ3) is 17.7. The van der Waals surface area contributed by atoms with E-state index in [4.69, 9.17) is 29.0 Å². The van der Waals surface area contributed by atoms with Crippen LogP contribution in [0.2, 0.25) is 0 Å². The molecule has 75 heavy (non-hydrogen) atoms. The van der Waals surface area contributed by atoms with E-state index in [0.717, 1.165) is 73.8 Å². The van der Waals surface area contributed by atoms with Crippen LogP contribution < -0.4 is 28.4 Å². The summed E-state index contributed by atoms with van der Waals surface area (Å²) in [6.07, 6.45) is 26.8. The number of benzene rings is 4. The van der Waals surface area contributed by atoms with Gasteiger partial charge in [-0.05, 0) is 86.8 Å². The fraction of sp³-hybridized carbons (Fsp3) is 0.525. The molecule has 0 saturated heterocycles. The van der Waals surface area contributed by atoms with Gasteiger partial charge in [0.1, 0.15) is 32.8 Å². The Morgan fingerprint density at radius 2 is 1.00 bits per heavy atom. The predicted octanol–water partition coefficient (Wildman–Crippen LogP) is 14.9. The number of methoxy groups -OCH3 is 2. The van der Waals surface area contributed by atoms with E-state index in [9.17, 15) is 16.8 Å². The summed E-state index contributed by atoms with van der Waals surface area (Å²) in [4.78, 5) is 4.60. The van der Waals surface area contributed by atoms with Crippen LogP contribution in [0.5, 0.6) is 23.0 Å². The molecule has 0 amide bonds. The minimum atomic E-state index is -4.37. The minimum Gasteiger partial charge on any atom is -0.496 e. The molecule has 14 nitrogen and oxygen atoms in total. The molecule has 0 radical (unpaired) electrons. The van der Waals surface area contributed by atoms with Gasteiger partial charge in [-0.1, -0.05) is 167 Å². The van der Waals surface area contributed by atoms with Gasteiger partial charge in [-0.2, -0.15) is 4.63 Å². The first-order chi connectivity index (χ1) is 36.4. The molecule has 0 unspecified atom stereocenters. The molecule has 16 heteroatoms. The third-order valence-corrected chi connectivity index (χ3v) is 16.6. The lowest BCUT2D eigenvalue weighted by Crippen LogP contribution is -2.17. The second-order valence-electron chi connectivity index (χ2n) is 19.9. The number of aromatic amines is 1. The van der Waals surface area contributed by atoms with Gasteiger partial charge in [-0.15, -0.1) is 5.10 Å². The summed E-state index contributed by atoms with van der Waals surface area (Å²) >= 11 is 0. The largest absolute Gasteiger partial charge is 0.496 e. The van der Waals surface area contributed by atoms with Crippen molar-refractivity contribution in [2.75, 3.05) is 36.9 Å². The minimum absolute atomic E-state index is 0.0238. The Morgan fingerprint density at radius 1 is 0.533 bits per heavy atom. The number of hydrogen-bond acceptors (Lipinski definition) is 10. The zero-order valence-corrected chi connectivity index (χ0v) is 47.2. The van der Waals surface area contributed by atoms with Crippen molar-refractivity contribution in [1.29, 1.82) is 0 Å². The average Bonchev–Trinajstić information content (AvgIpc) is 3.96. The first kappa shape index (κ1) is 58.5. The quantitative estimate of drug-likeness (QED) is 0.0318. The van der Waals surface area contributed by atoms with Crippen LogP contribution in [0, 0.1) is 13.8 Å². The van der Waals surface area contributed by atoms with E-state index in [-0.39, 0.29) is 32.7 Å². The van der Waals surface area contributed by atoms with Crippen LogP contribution in [-0.2, 0) is 26.5 Å². The zero-order valence-electron chi connectivity index (χ0n) is 45.6. The molecule has 0 spiro atoms. The molecule has 0 atom stereocenters. The second-order valence-corrected chi connectivity index (χ2v) is 23.2. The van der Waals surface area contributed by atoms with Crippen molar-refractivity contribution >= 4 is 37.1 Å². The molecule has 3 N–H and O–H groups in total. The number of rotatable bonds is 37. The monoisotopic (exact) mass is 1070 g/mol. The Kier molecular flexibility index (Phi) is 23.5. The van der Waals surface area contributed by atoms with Gasteiger partial charge in [-0.3, -0.25) is 14.5 Å². The van der Waals surface area contributed by atoms with Gasteiger partial charge in [-0.25, -0.2) is 21.8 Å². The van der Waals surface area contributed by atoms with Crippen molar-refractivity contribution < 1.29 is 35.8 Å². The van der Waals surface area contributed by atoms with E-state index in [1.165, 1.54) is 108 Å². The number of sulfonamides is 2. The number of aromatic nitrogens is 4. The fourth-order valence-corrected chi connectivity index (χ4v) is 11.9. The molecule has 0 aliphatic heterocycles. The van der Waals surface area contributed by atoms with E-state index in [1.807, 2.05) is 38.1 Å². The lowest BCUT2D eigenvalue weighted by Gasteiger charge is -2.17. The van der Waals surface area contributed by atoms with Crippen LogP contribution in [0.25, 0.3) is 17.0 Å². The molecule has 4 aromatic carbocycles. The molecule has 0 aliphatic rings. The molecule has 0 aliphatic carbocycles. The second kappa shape index (κ2) is 30.1. The molecule has 2 aromatic heterocycles. The van der Waals surface area contributed by atoms with Crippen molar-refractivity contribution in [1.82, 2.24) is 19.8 Å². The topological polar surface area (TPSA) is 175 Å². The number of H-pyrrole nitrogens is 1. The number of nitrogens with one attached hydrogen (secondary N) is 3. The Hall–Kier alpha value is -5.74. The molecule has 6 aromatic rings. The first-order valence-corrected chi connectivity index (χ1v) is 30.6. The van der Waals surface area contributed by atoms with Crippen molar-refractivity contribution in [3.63, 3.8) is 0 Å². The predicted molar refractivity (Wildman–Crippen MR) is 303 cm³/mol. The summed E-state index contributed by atoms with van der Waals surface area (Å²) in [5.74, 6) is 2.15. The average molecular weight is 1070 g/mol. The van der Waals surface area contributed by atoms with Crippen LogP contribution in [0.3, 0.4) is 0 Å². The smallest absolute Gasteiger partial charge is 0.265 e. The van der Waals surface area contributed by atoms with Gasteiger partial charge in [0, 0.05) is 34.5 Å². The number of nitrogens with zero attached hydrogens (tertiary/aromatic N) is 3. The van der Waals surface area contributed by atoms with Gasteiger partial charge in [0.2, 0.25) is 0 Å². The lowest BCUT2D eigenvalue weighted by molar-refractivity contribution is 0.296. The molecular weight excluding hydrogens is 985 g/mol. The standard InChI is InChI=1S/C59H84N6O8S2/c1-7-9-11-13-15-16-17-18-19-20-21-22-23-24-26-28-40-73-55-38-36-49(64-74(66,67)56-41-45(3)35-37-54(56)72-39-27-25-14-12-10-8-2)43-57(55)75(68,69)63-48-32-29-31-47(42-48)58-60-59-46(4)51(61-65(59)62-58)44-50-52(70-5)33-30-34-53(50)71-6/h29-38,41-43,61,63-64H,7-28,39-40,44H2,1-6H3. The van der Waals surface area contributed by atoms with Crippen molar-refractivity contribution in [2.45, 2.75) is 185 Å². The Balaban J connectivity index is 1.14. The third-order valence-electron chi connectivity index (χ3n) is 13.8. The van der Waals surface area contributed by atoms with Crippen LogP contribution in [0.4, 0.5) is 11.4 Å². The molecular formula is C59H84N6O8S2. The molecule has 0 bridgehead atoms. The Labute approximate surface area is 448 Å². The number of ether oxygens (including phenoxy) is 4. The molecule has 0 fully saturated rings. The summed E-state index contributed by atoms with van der Waals surface area (Å²) in [5.41, 5.74) is 4.90. The molecule has 2 heterocycles. The first-order valence-electron chi connectivity index (χ1n) is 27.7. The normalized spacial score (nSPS) is 11.8. The van der Waals surface area contributed by atoms with Gasteiger partial charge >= 0.3 is 0 Å². The van der Waals surface area contributed by atoms with Crippen LogP contribution in [0.1, 0.15) is 177 Å². The van der Waals surface area contributed by atoms with Crippen molar-refractivity contribution in [3.05, 3.63) is 101 Å². The highest BCUT2D eigenvalue weighted by atomic mass is 32.2. The maximum absolute atomic E-state index is 14.5. The van der Waals surface area contributed by atoms with E-state index in [1.54, 1.807) is 55.2 Å². The maximum Gasteiger partial charge on any atom is 0.265 e. The van der Waals surface area contributed by atoms with Crippen molar-refractivity contribution in [2.24, 2.45) is 0 Å². The maximum atomic E-state index is 14.5. The van der Waals surface area contributed by atoms with Gasteiger partial charge in [0.15, 0.2) is 11.5 Å². The van der Waals surface area contributed by atoms with Gasteiger partial charge in [0.25, 0.3) is 20.0 Å². The summed E-state index contributed by atoms with van der Waals surface area (Å²) in [7, 11) is -5.35. The van der Waals surface area contributed by atoms with Gasteiger partial charge < -0.3 is 18.9 Å². The van der Waals surface area contributed by atoms with Crippen LogP contribution in [-0.4, -0.2) is 64.1 Å². The summed E-state index contributed by atoms with van der Waals surface area (Å²) < 4.78 is 87.9. The summed E-state index contributed by atoms with van der Waals surface area (Å²) in [6.45, 7) is 8.91. The van der Waals surface area contributed by atoms with E-state index < -0.39 is 20.0 Å². The number of anilines is 2. The highest BCUT2D eigenvalue weighted by Crippen LogP contribution is 2.35. The molecule has 0 saturated carbocycles. The summed E-state index contributed by atoms with van der Waals surface area (Å²) in [6, 6.07) is 21.9. The number of aryl methyl sites for hydroxylation is 2. The van der Waals surface area contributed by atoms with E-state index >= 15 is 0 Å². The fourth-order valence-electron chi connectivity index (χ4n) is 9.44. The SMILES string of the molecule is CCCCCCCCCCCCCCCCCCOc1ccc(NS(=O)(=O)c2cc(C)ccc2OCCCCCCCC)cc1S(=O)(=O)Nc1cccc(-c2nc3c(C)c(Cc4c(OC)cccc4OC)[nH]n3n2)c1. The van der Waals surface area contributed by atoms with Crippen LogP contribution in [0.15, 0.2) is 88.7 Å². The van der Waals surface area contributed by atoms with Gasteiger partial charge in [0.05, 0.1) is 33.1 Å². The zero-order chi connectivity index (χ0) is 53.5. The molecule has 410 valence electrons. The lowest BCUT2D eigenvalue weighted by atomic mass is 10.0. The highest BCUT2D eigenvalue weighted by Gasteiger charge is 2.26. The number of fused-ring (bicyclic) bond motifs is 1. The van der Waals surface area contributed by atoms with Crippen molar-refractivity contribution in [3.8, 4) is 34.4 Å². The number of unbranched alkanes of at least 4 members (excludes halogenated alkanes) is 20. The Bertz CT molecular complexity index is 2890. The summed E-state index contributed by atoms with van der Waals surface area (Å²) in [5, 5.41) is 8.07. The van der Waals surface area contributed by atoms with E-state index in [2.05, 4.69) is 28.4 Å².